The summed E-state index contributed by atoms with van der Waals surface area (Å²) in [6, 6.07) is 7.24. The third-order valence-electron chi connectivity index (χ3n) is 4.33. The number of aromatic nitrogens is 2. The first-order chi connectivity index (χ1) is 10.7. The van der Waals surface area contributed by atoms with Crippen molar-refractivity contribution in [3.63, 3.8) is 0 Å². The molecule has 1 N–H and O–H groups in total. The highest BCUT2D eigenvalue weighted by Gasteiger charge is 2.30. The summed E-state index contributed by atoms with van der Waals surface area (Å²) < 4.78 is 2.06. The van der Waals surface area contributed by atoms with E-state index < -0.39 is 0 Å². The second-order valence-corrected chi connectivity index (χ2v) is 5.78. The van der Waals surface area contributed by atoms with E-state index >= 15 is 0 Å². The molecule has 2 aromatic heterocycles. The Bertz CT molecular complexity index is 665. The highest BCUT2D eigenvalue weighted by atomic mass is 16.3. The predicted molar refractivity (Wildman–Crippen MR) is 83.6 cm³/mol. The van der Waals surface area contributed by atoms with Crippen LogP contribution in [0.3, 0.4) is 0 Å². The van der Waals surface area contributed by atoms with E-state index in [0.29, 0.717) is 6.54 Å². The Kier molecular flexibility index (Phi) is 4.13. The lowest BCUT2D eigenvalue weighted by atomic mass is 10.1. The first-order valence-corrected chi connectivity index (χ1v) is 7.74. The van der Waals surface area contributed by atoms with Crippen molar-refractivity contribution in [2.24, 2.45) is 7.05 Å². The molecule has 22 heavy (non-hydrogen) atoms. The van der Waals surface area contributed by atoms with Gasteiger partial charge in [-0.1, -0.05) is 12.8 Å². The molecule has 0 bridgehead atoms. The Labute approximate surface area is 130 Å². The molecule has 0 saturated carbocycles. The Morgan fingerprint density at radius 2 is 2.14 bits per heavy atom. The maximum atomic E-state index is 12.9. The third-order valence-corrected chi connectivity index (χ3v) is 4.33. The van der Waals surface area contributed by atoms with E-state index in [1.165, 1.54) is 6.07 Å². The summed E-state index contributed by atoms with van der Waals surface area (Å²) in [5, 5.41) is 9.94. The van der Waals surface area contributed by atoms with Crippen molar-refractivity contribution in [1.82, 2.24) is 14.5 Å². The number of aromatic hydroxyl groups is 1. The van der Waals surface area contributed by atoms with E-state index in [4.69, 9.17) is 0 Å². The van der Waals surface area contributed by atoms with Crippen molar-refractivity contribution >= 4 is 5.91 Å². The summed E-state index contributed by atoms with van der Waals surface area (Å²) >= 11 is 0. The minimum Gasteiger partial charge on any atom is -0.505 e. The maximum absolute atomic E-state index is 12.9. The van der Waals surface area contributed by atoms with Gasteiger partial charge >= 0.3 is 0 Å². The normalized spacial score (nSPS) is 19.0. The molecule has 1 saturated heterocycles. The molecule has 116 valence electrons. The fraction of sp³-hybridized carbons (Fsp3) is 0.412. The predicted octanol–water partition coefficient (Wildman–Crippen LogP) is 2.88. The van der Waals surface area contributed by atoms with E-state index in [1.54, 1.807) is 12.3 Å². The molecule has 1 fully saturated rings. The van der Waals surface area contributed by atoms with Crippen molar-refractivity contribution in [3.8, 4) is 5.75 Å². The van der Waals surface area contributed by atoms with Crippen LogP contribution in [-0.2, 0) is 7.05 Å². The number of aryl methyl sites for hydroxylation is 1. The zero-order valence-corrected chi connectivity index (χ0v) is 12.8. The van der Waals surface area contributed by atoms with Crippen LogP contribution in [0.4, 0.5) is 0 Å². The van der Waals surface area contributed by atoms with Crippen LogP contribution in [0, 0.1) is 0 Å². The number of rotatable bonds is 2. The molecule has 1 aliphatic heterocycles. The molecular weight excluding hydrogens is 278 g/mol. The topological polar surface area (TPSA) is 58.4 Å². The number of amides is 1. The van der Waals surface area contributed by atoms with Gasteiger partial charge in [0, 0.05) is 31.7 Å². The van der Waals surface area contributed by atoms with Crippen LogP contribution in [0.2, 0.25) is 0 Å². The number of likely N-dealkylation sites (tertiary alicyclic amines) is 1. The molecule has 5 nitrogen and oxygen atoms in total. The average Bonchev–Trinajstić information content (AvgIpc) is 2.80. The van der Waals surface area contributed by atoms with Crippen molar-refractivity contribution in [2.75, 3.05) is 6.54 Å². The van der Waals surface area contributed by atoms with E-state index in [2.05, 4.69) is 15.6 Å². The van der Waals surface area contributed by atoms with Crippen LogP contribution in [0.5, 0.6) is 5.75 Å². The molecule has 0 aliphatic carbocycles. The largest absolute Gasteiger partial charge is 0.505 e. The minimum absolute atomic E-state index is 0.0383. The summed E-state index contributed by atoms with van der Waals surface area (Å²) in [7, 11) is 2.00. The molecule has 2 aromatic rings. The molecule has 5 heteroatoms. The number of pyridine rings is 1. The number of hydrogen-bond donors (Lipinski definition) is 1. The maximum Gasteiger partial charge on any atom is 0.276 e. The Balaban J connectivity index is 1.96. The summed E-state index contributed by atoms with van der Waals surface area (Å²) in [5.74, 6) is -0.242. The second kappa shape index (κ2) is 6.22. The fourth-order valence-corrected chi connectivity index (χ4v) is 3.18. The number of nitrogens with zero attached hydrogens (tertiary/aromatic N) is 3. The summed E-state index contributed by atoms with van der Waals surface area (Å²) in [6.45, 7) is 0.699. The third kappa shape index (κ3) is 2.71. The molecule has 0 aromatic carbocycles. The highest BCUT2D eigenvalue weighted by Crippen LogP contribution is 2.32. The lowest BCUT2D eigenvalue weighted by Gasteiger charge is -2.30. The van der Waals surface area contributed by atoms with Gasteiger partial charge in [0.2, 0.25) is 0 Å². The molecule has 3 rings (SSSR count). The SMILES string of the molecule is Cn1cccc1[C@H]1CCCCCN1C(=O)c1ncccc1O. The first-order valence-electron chi connectivity index (χ1n) is 7.74. The smallest absolute Gasteiger partial charge is 0.276 e. The average molecular weight is 299 g/mol. The van der Waals surface area contributed by atoms with Crippen LogP contribution < -0.4 is 0 Å². The zero-order valence-electron chi connectivity index (χ0n) is 12.8. The van der Waals surface area contributed by atoms with E-state index in [9.17, 15) is 9.90 Å². The van der Waals surface area contributed by atoms with Gasteiger partial charge in [-0.25, -0.2) is 4.98 Å². The van der Waals surface area contributed by atoms with Gasteiger partial charge < -0.3 is 14.6 Å². The zero-order chi connectivity index (χ0) is 15.5. The summed E-state index contributed by atoms with van der Waals surface area (Å²) in [5.41, 5.74) is 1.27. The molecule has 0 unspecified atom stereocenters. The van der Waals surface area contributed by atoms with Gasteiger partial charge in [-0.05, 0) is 37.1 Å². The molecule has 0 radical (unpaired) electrons. The molecule has 3 heterocycles. The van der Waals surface area contributed by atoms with Crippen LogP contribution in [0.15, 0.2) is 36.7 Å². The van der Waals surface area contributed by atoms with Crippen LogP contribution >= 0.6 is 0 Å². The van der Waals surface area contributed by atoms with Crippen LogP contribution in [0.25, 0.3) is 0 Å². The number of carbonyl (C=O) groups excluding carboxylic acids is 1. The number of hydrogen-bond acceptors (Lipinski definition) is 3. The van der Waals surface area contributed by atoms with Crippen LogP contribution in [-0.4, -0.2) is 32.0 Å². The molecule has 1 amide bonds. The van der Waals surface area contributed by atoms with Crippen molar-refractivity contribution in [3.05, 3.63) is 48.0 Å². The fourth-order valence-electron chi connectivity index (χ4n) is 3.18. The summed E-state index contributed by atoms with van der Waals surface area (Å²) in [6.07, 6.45) is 7.70. The number of carbonyl (C=O) groups is 1. The summed E-state index contributed by atoms with van der Waals surface area (Å²) in [4.78, 5) is 18.8. The van der Waals surface area contributed by atoms with Crippen molar-refractivity contribution in [1.29, 1.82) is 0 Å². The van der Waals surface area contributed by atoms with Gasteiger partial charge in [0.15, 0.2) is 5.69 Å². The van der Waals surface area contributed by atoms with Gasteiger partial charge in [-0.2, -0.15) is 0 Å². The molecule has 1 atom stereocenters. The quantitative estimate of drug-likeness (QED) is 0.927. The van der Waals surface area contributed by atoms with E-state index in [-0.39, 0.29) is 23.4 Å². The van der Waals surface area contributed by atoms with Crippen molar-refractivity contribution < 1.29 is 9.90 Å². The monoisotopic (exact) mass is 299 g/mol. The Morgan fingerprint density at radius 1 is 1.27 bits per heavy atom. The van der Waals surface area contributed by atoms with E-state index in [0.717, 1.165) is 31.4 Å². The van der Waals surface area contributed by atoms with E-state index in [1.807, 2.05) is 24.2 Å². The Hall–Kier alpha value is -2.30. The van der Waals surface area contributed by atoms with Gasteiger partial charge in [-0.3, -0.25) is 4.79 Å². The second-order valence-electron chi connectivity index (χ2n) is 5.78. The minimum atomic E-state index is -0.189. The van der Waals surface area contributed by atoms with Crippen LogP contribution in [0.1, 0.15) is 47.9 Å². The van der Waals surface area contributed by atoms with Crippen molar-refractivity contribution in [2.45, 2.75) is 31.7 Å². The lowest BCUT2D eigenvalue weighted by Crippen LogP contribution is -2.36. The highest BCUT2D eigenvalue weighted by molar-refractivity contribution is 5.95. The molecule has 1 aliphatic rings. The lowest BCUT2D eigenvalue weighted by molar-refractivity contribution is 0.0665. The van der Waals surface area contributed by atoms with Gasteiger partial charge in [-0.15, -0.1) is 0 Å². The molecule has 0 spiro atoms. The van der Waals surface area contributed by atoms with Gasteiger partial charge in [0.05, 0.1) is 6.04 Å². The first kappa shape index (κ1) is 14.6. The Morgan fingerprint density at radius 3 is 2.86 bits per heavy atom. The van der Waals surface area contributed by atoms with Gasteiger partial charge in [0.1, 0.15) is 5.75 Å². The molecular formula is C17H21N3O2. The standard InChI is InChI=1S/C17H21N3O2/c1-19-11-6-8-13(19)14-7-3-2-4-12-20(14)17(22)16-15(21)9-5-10-18-16/h5-6,8-11,14,21H,2-4,7,12H2,1H3/t14-/m1/s1. The van der Waals surface area contributed by atoms with Gasteiger partial charge in [0.25, 0.3) is 5.91 Å².